The van der Waals surface area contributed by atoms with E-state index in [0.29, 0.717) is 26.9 Å². The van der Waals surface area contributed by atoms with Crippen molar-refractivity contribution in [1.82, 2.24) is 0 Å². The van der Waals surface area contributed by atoms with Crippen molar-refractivity contribution < 1.29 is 19.1 Å². The molecule has 1 aliphatic heterocycles. The fourth-order valence-electron chi connectivity index (χ4n) is 2.84. The summed E-state index contributed by atoms with van der Waals surface area (Å²) in [5.41, 5.74) is 2.04. The van der Waals surface area contributed by atoms with Gasteiger partial charge in [0.05, 0.1) is 10.0 Å². The van der Waals surface area contributed by atoms with Crippen LogP contribution in [0.5, 0.6) is 5.75 Å². The third-order valence-electron chi connectivity index (χ3n) is 4.44. The van der Waals surface area contributed by atoms with Crippen LogP contribution in [-0.4, -0.2) is 24.3 Å². The summed E-state index contributed by atoms with van der Waals surface area (Å²) in [7, 11) is 0. The molecule has 0 saturated heterocycles. The molecule has 0 amide bonds. The van der Waals surface area contributed by atoms with Crippen molar-refractivity contribution in [2.45, 2.75) is 0 Å². The molecule has 1 heterocycles. The summed E-state index contributed by atoms with van der Waals surface area (Å²) in [6.07, 6.45) is 1.60. The summed E-state index contributed by atoms with van der Waals surface area (Å²) in [6.45, 7) is -0.0614. The van der Waals surface area contributed by atoms with Gasteiger partial charge in [-0.2, -0.15) is 0 Å². The van der Waals surface area contributed by atoms with Crippen molar-refractivity contribution >= 4 is 46.9 Å². The molecule has 0 bridgehead atoms. The van der Waals surface area contributed by atoms with Gasteiger partial charge >= 0.3 is 5.97 Å². The third-order valence-corrected chi connectivity index (χ3v) is 5.18. The van der Waals surface area contributed by atoms with Crippen LogP contribution in [0.1, 0.15) is 21.5 Å². The van der Waals surface area contributed by atoms with E-state index in [0.717, 1.165) is 5.56 Å². The van der Waals surface area contributed by atoms with Crippen LogP contribution in [-0.2, 0) is 9.53 Å². The predicted molar refractivity (Wildman–Crippen MR) is 120 cm³/mol. The molecule has 0 unspecified atom stereocenters. The predicted octanol–water partition coefficient (Wildman–Crippen LogP) is 5.60. The van der Waals surface area contributed by atoms with Crippen LogP contribution in [0.2, 0.25) is 10.0 Å². The molecule has 1 aliphatic rings. The maximum absolute atomic E-state index is 12.2. The van der Waals surface area contributed by atoms with Gasteiger partial charge in [0.25, 0.3) is 0 Å². The first-order valence-corrected chi connectivity index (χ1v) is 10.0. The second-order valence-corrected chi connectivity index (χ2v) is 7.43. The lowest BCUT2D eigenvalue weighted by molar-refractivity contribution is -0.129. The van der Waals surface area contributed by atoms with Gasteiger partial charge in [-0.3, -0.25) is 4.79 Å². The van der Waals surface area contributed by atoms with Crippen molar-refractivity contribution in [3.05, 3.63) is 105 Å². The molecule has 0 N–H and O–H groups in total. The number of benzene rings is 3. The lowest BCUT2D eigenvalue weighted by Crippen LogP contribution is -2.11. The Balaban J connectivity index is 1.44. The molecule has 0 fully saturated rings. The number of hydrogen-bond acceptors (Lipinski definition) is 5. The number of carbonyl (C=O) groups is 2. The van der Waals surface area contributed by atoms with E-state index >= 15 is 0 Å². The maximum atomic E-state index is 12.2. The normalized spacial score (nSPS) is 14.3. The van der Waals surface area contributed by atoms with Crippen LogP contribution in [0.4, 0.5) is 0 Å². The quantitative estimate of drug-likeness (QED) is 0.278. The second-order valence-electron chi connectivity index (χ2n) is 6.61. The van der Waals surface area contributed by atoms with E-state index in [4.69, 9.17) is 32.7 Å². The molecule has 3 aromatic carbocycles. The Morgan fingerprint density at radius 1 is 0.968 bits per heavy atom. The zero-order valence-corrected chi connectivity index (χ0v) is 17.6. The molecule has 3 aromatic rings. The highest BCUT2D eigenvalue weighted by molar-refractivity contribution is 6.42. The van der Waals surface area contributed by atoms with Gasteiger partial charge in [0.1, 0.15) is 5.75 Å². The number of rotatable bonds is 6. The zero-order chi connectivity index (χ0) is 21.8. The minimum Gasteiger partial charge on any atom is -0.485 e. The Morgan fingerprint density at radius 3 is 2.42 bits per heavy atom. The molecule has 31 heavy (non-hydrogen) atoms. The van der Waals surface area contributed by atoms with Crippen LogP contribution in [0.15, 0.2) is 83.5 Å². The van der Waals surface area contributed by atoms with Gasteiger partial charge in [0, 0.05) is 11.1 Å². The first kappa shape index (κ1) is 20.8. The SMILES string of the molecule is O=C1OC(c2ccc(Cl)c(Cl)c2)=N/C1=C\c1ccc(OCC(=O)c2ccccc2)cc1. The highest BCUT2D eigenvalue weighted by Crippen LogP contribution is 2.26. The summed E-state index contributed by atoms with van der Waals surface area (Å²) < 4.78 is 10.8. The summed E-state index contributed by atoms with van der Waals surface area (Å²) >= 11 is 11.9. The van der Waals surface area contributed by atoms with Gasteiger partial charge in [0.15, 0.2) is 18.1 Å². The van der Waals surface area contributed by atoms with Gasteiger partial charge in [-0.15, -0.1) is 0 Å². The van der Waals surface area contributed by atoms with Crippen molar-refractivity contribution in [1.29, 1.82) is 0 Å². The Morgan fingerprint density at radius 2 is 1.71 bits per heavy atom. The molecule has 0 atom stereocenters. The van der Waals surface area contributed by atoms with Gasteiger partial charge in [-0.1, -0.05) is 65.7 Å². The number of esters is 1. The van der Waals surface area contributed by atoms with E-state index in [1.807, 2.05) is 6.07 Å². The standard InChI is InChI=1S/C24H15Cl2NO4/c25-19-11-8-17(13-20(19)26)23-27-21(24(29)31-23)12-15-6-9-18(10-7-15)30-14-22(28)16-4-2-1-3-5-16/h1-13H,14H2/b21-12-. The number of cyclic esters (lactones) is 1. The van der Waals surface area contributed by atoms with E-state index in [-0.39, 0.29) is 24.0 Å². The highest BCUT2D eigenvalue weighted by atomic mass is 35.5. The van der Waals surface area contributed by atoms with E-state index in [1.54, 1.807) is 72.8 Å². The molecule has 0 radical (unpaired) electrons. The van der Waals surface area contributed by atoms with Gasteiger partial charge in [-0.25, -0.2) is 9.79 Å². The van der Waals surface area contributed by atoms with Crippen LogP contribution in [0.25, 0.3) is 6.08 Å². The lowest BCUT2D eigenvalue weighted by Gasteiger charge is -2.06. The number of halogens is 2. The number of Topliss-reactive ketones (excluding diaryl/α,β-unsaturated/α-hetero) is 1. The van der Waals surface area contributed by atoms with Crippen LogP contribution in [0, 0.1) is 0 Å². The number of ether oxygens (including phenoxy) is 2. The zero-order valence-electron chi connectivity index (χ0n) is 16.0. The van der Waals surface area contributed by atoms with Gasteiger partial charge in [0.2, 0.25) is 5.90 Å². The Kier molecular flexibility index (Phi) is 6.16. The van der Waals surface area contributed by atoms with E-state index in [2.05, 4.69) is 4.99 Å². The van der Waals surface area contributed by atoms with Crippen molar-refractivity contribution in [2.24, 2.45) is 4.99 Å². The van der Waals surface area contributed by atoms with Crippen molar-refractivity contribution in [3.63, 3.8) is 0 Å². The smallest absolute Gasteiger partial charge is 0.363 e. The fourth-order valence-corrected chi connectivity index (χ4v) is 3.13. The summed E-state index contributed by atoms with van der Waals surface area (Å²) in [6, 6.07) is 20.8. The Hall–Kier alpha value is -3.41. The molecular formula is C24H15Cl2NO4. The molecular weight excluding hydrogens is 437 g/mol. The molecule has 154 valence electrons. The number of carbonyl (C=O) groups excluding carboxylic acids is 2. The molecule has 7 heteroatoms. The average Bonchev–Trinajstić information content (AvgIpc) is 3.15. The highest BCUT2D eigenvalue weighted by Gasteiger charge is 2.24. The minimum absolute atomic E-state index is 0.0614. The first-order valence-electron chi connectivity index (χ1n) is 9.29. The van der Waals surface area contributed by atoms with E-state index in [9.17, 15) is 9.59 Å². The van der Waals surface area contributed by atoms with Crippen LogP contribution < -0.4 is 4.74 Å². The maximum Gasteiger partial charge on any atom is 0.363 e. The van der Waals surface area contributed by atoms with Crippen LogP contribution in [0.3, 0.4) is 0 Å². The number of hydrogen-bond donors (Lipinski definition) is 0. The van der Waals surface area contributed by atoms with Gasteiger partial charge < -0.3 is 9.47 Å². The lowest BCUT2D eigenvalue weighted by atomic mass is 10.1. The van der Waals surface area contributed by atoms with E-state index < -0.39 is 5.97 Å². The fraction of sp³-hybridized carbons (Fsp3) is 0.0417. The Labute approximate surface area is 188 Å². The molecule has 0 saturated carbocycles. The van der Waals surface area contributed by atoms with Crippen molar-refractivity contribution in [2.75, 3.05) is 6.61 Å². The molecule has 0 spiro atoms. The first-order chi connectivity index (χ1) is 15.0. The molecule has 0 aliphatic carbocycles. The van der Waals surface area contributed by atoms with Crippen molar-refractivity contribution in [3.8, 4) is 5.75 Å². The average molecular weight is 452 g/mol. The summed E-state index contributed by atoms with van der Waals surface area (Å²) in [5, 5.41) is 0.746. The molecule has 0 aromatic heterocycles. The number of ketones is 1. The second kappa shape index (κ2) is 9.16. The number of nitrogens with zero attached hydrogens (tertiary/aromatic N) is 1. The minimum atomic E-state index is -0.560. The number of aliphatic imine (C=N–C) groups is 1. The largest absolute Gasteiger partial charge is 0.485 e. The topological polar surface area (TPSA) is 65.0 Å². The van der Waals surface area contributed by atoms with E-state index in [1.165, 1.54) is 0 Å². The van der Waals surface area contributed by atoms with Crippen LogP contribution >= 0.6 is 23.2 Å². The monoisotopic (exact) mass is 451 g/mol. The summed E-state index contributed by atoms with van der Waals surface area (Å²) in [4.78, 5) is 28.5. The molecule has 5 nitrogen and oxygen atoms in total. The third kappa shape index (κ3) is 5.02. The molecule has 4 rings (SSSR count). The summed E-state index contributed by atoms with van der Waals surface area (Å²) in [5.74, 6) is 0.0362. The Bertz CT molecular complexity index is 1200. The van der Waals surface area contributed by atoms with Gasteiger partial charge in [-0.05, 0) is 42.0 Å².